The maximum absolute atomic E-state index is 11.2. The Labute approximate surface area is 65.4 Å². The van der Waals surface area contributed by atoms with E-state index in [4.69, 9.17) is 5.11 Å². The zero-order valence-corrected chi connectivity index (χ0v) is 6.59. The number of carbonyl (C=O) groups excluding carboxylic acids is 1. The van der Waals surface area contributed by atoms with Gasteiger partial charge in [0.15, 0.2) is 0 Å². The number of hydrogen-bond acceptors (Lipinski definition) is 2. The van der Waals surface area contributed by atoms with Crippen molar-refractivity contribution in [2.45, 2.75) is 32.6 Å². The largest absolute Gasteiger partial charge is 0.481 e. The molecule has 3 nitrogen and oxygen atoms in total. The van der Waals surface area contributed by atoms with E-state index in [2.05, 4.69) is 0 Å². The number of rotatable bonds is 1. The summed E-state index contributed by atoms with van der Waals surface area (Å²) < 4.78 is 0. The van der Waals surface area contributed by atoms with Crippen molar-refractivity contribution in [1.29, 1.82) is 0 Å². The molecule has 0 aromatic rings. The molecule has 0 aliphatic heterocycles. The average molecular weight is 156 g/mol. The Bertz CT molecular complexity index is 198. The van der Waals surface area contributed by atoms with Gasteiger partial charge in [0.1, 0.15) is 11.2 Å². The van der Waals surface area contributed by atoms with Crippen LogP contribution in [-0.2, 0) is 9.59 Å². The van der Waals surface area contributed by atoms with Crippen LogP contribution in [0.15, 0.2) is 0 Å². The fourth-order valence-electron chi connectivity index (χ4n) is 1.41. The second-order valence-corrected chi connectivity index (χ2v) is 3.27. The quantitative estimate of drug-likeness (QED) is 0.581. The van der Waals surface area contributed by atoms with Crippen molar-refractivity contribution in [1.82, 2.24) is 0 Å². The number of aliphatic carboxylic acids is 1. The SMILES string of the molecule is CC1(C(=O)O)CCCCC1=O. The molecule has 1 aliphatic rings. The lowest BCUT2D eigenvalue weighted by molar-refractivity contribution is -0.155. The van der Waals surface area contributed by atoms with Crippen LogP contribution >= 0.6 is 0 Å². The summed E-state index contributed by atoms with van der Waals surface area (Å²) in [6.07, 6.45) is 2.64. The standard InChI is InChI=1S/C8H12O3/c1-8(7(10)11)5-3-2-4-6(8)9/h2-5H2,1H3,(H,10,11). The van der Waals surface area contributed by atoms with Crippen LogP contribution < -0.4 is 0 Å². The van der Waals surface area contributed by atoms with Gasteiger partial charge in [-0.25, -0.2) is 0 Å². The van der Waals surface area contributed by atoms with E-state index in [1.807, 2.05) is 0 Å². The second-order valence-electron chi connectivity index (χ2n) is 3.27. The maximum atomic E-state index is 11.2. The average Bonchev–Trinajstić information content (AvgIpc) is 1.95. The zero-order chi connectivity index (χ0) is 8.48. The smallest absolute Gasteiger partial charge is 0.316 e. The van der Waals surface area contributed by atoms with E-state index in [1.165, 1.54) is 6.92 Å². The monoisotopic (exact) mass is 156 g/mol. The molecular formula is C8H12O3. The minimum absolute atomic E-state index is 0.115. The molecule has 1 N–H and O–H groups in total. The van der Waals surface area contributed by atoms with Crippen molar-refractivity contribution in [3.05, 3.63) is 0 Å². The molecule has 1 aliphatic carbocycles. The summed E-state index contributed by atoms with van der Waals surface area (Å²) in [5.41, 5.74) is -1.09. The van der Waals surface area contributed by atoms with Crippen molar-refractivity contribution in [2.75, 3.05) is 0 Å². The molecule has 1 atom stereocenters. The molecule has 1 rings (SSSR count). The summed E-state index contributed by atoms with van der Waals surface area (Å²) >= 11 is 0. The number of hydrogen-bond donors (Lipinski definition) is 1. The molecule has 0 aromatic carbocycles. The third-order valence-corrected chi connectivity index (χ3v) is 2.42. The summed E-state index contributed by atoms with van der Waals surface area (Å²) in [6.45, 7) is 1.52. The van der Waals surface area contributed by atoms with E-state index in [0.29, 0.717) is 12.8 Å². The van der Waals surface area contributed by atoms with Gasteiger partial charge in [0, 0.05) is 6.42 Å². The molecule has 0 spiro atoms. The predicted molar refractivity (Wildman–Crippen MR) is 39.2 cm³/mol. The minimum atomic E-state index is -1.09. The number of carboxylic acids is 1. The van der Waals surface area contributed by atoms with Crippen molar-refractivity contribution in [3.8, 4) is 0 Å². The van der Waals surface area contributed by atoms with Gasteiger partial charge in [-0.3, -0.25) is 9.59 Å². The lowest BCUT2D eigenvalue weighted by Crippen LogP contribution is -2.38. The highest BCUT2D eigenvalue weighted by Gasteiger charge is 2.41. The lowest BCUT2D eigenvalue weighted by Gasteiger charge is -2.26. The van der Waals surface area contributed by atoms with Crippen molar-refractivity contribution in [2.24, 2.45) is 5.41 Å². The Morgan fingerprint density at radius 3 is 2.55 bits per heavy atom. The highest BCUT2D eigenvalue weighted by Crippen LogP contribution is 2.32. The Balaban J connectivity index is 2.81. The highest BCUT2D eigenvalue weighted by atomic mass is 16.4. The fraction of sp³-hybridized carbons (Fsp3) is 0.750. The van der Waals surface area contributed by atoms with Gasteiger partial charge in [-0.05, 0) is 19.8 Å². The molecule has 0 bridgehead atoms. The molecule has 3 heteroatoms. The fourth-order valence-corrected chi connectivity index (χ4v) is 1.41. The van der Waals surface area contributed by atoms with Gasteiger partial charge in [-0.2, -0.15) is 0 Å². The van der Waals surface area contributed by atoms with E-state index in [0.717, 1.165) is 12.8 Å². The Morgan fingerprint density at radius 2 is 2.18 bits per heavy atom. The molecule has 1 fully saturated rings. The van der Waals surface area contributed by atoms with Gasteiger partial charge in [-0.15, -0.1) is 0 Å². The molecule has 0 radical (unpaired) electrons. The minimum Gasteiger partial charge on any atom is -0.481 e. The van der Waals surface area contributed by atoms with E-state index >= 15 is 0 Å². The second kappa shape index (κ2) is 2.64. The lowest BCUT2D eigenvalue weighted by atomic mass is 9.75. The van der Waals surface area contributed by atoms with E-state index in [-0.39, 0.29) is 5.78 Å². The number of ketones is 1. The topological polar surface area (TPSA) is 54.4 Å². The normalized spacial score (nSPS) is 31.9. The van der Waals surface area contributed by atoms with Crippen molar-refractivity contribution >= 4 is 11.8 Å². The van der Waals surface area contributed by atoms with Crippen LogP contribution in [0.1, 0.15) is 32.6 Å². The maximum Gasteiger partial charge on any atom is 0.316 e. The third kappa shape index (κ3) is 1.27. The zero-order valence-electron chi connectivity index (χ0n) is 6.59. The van der Waals surface area contributed by atoms with Crippen LogP contribution in [0.3, 0.4) is 0 Å². The van der Waals surface area contributed by atoms with Gasteiger partial charge in [0.05, 0.1) is 0 Å². The first kappa shape index (κ1) is 8.24. The Hall–Kier alpha value is -0.860. The molecule has 0 saturated heterocycles. The van der Waals surface area contributed by atoms with Crippen LogP contribution in [0.2, 0.25) is 0 Å². The van der Waals surface area contributed by atoms with E-state index in [1.54, 1.807) is 0 Å². The van der Waals surface area contributed by atoms with Crippen LogP contribution in [0, 0.1) is 5.41 Å². The van der Waals surface area contributed by atoms with Crippen LogP contribution in [0.25, 0.3) is 0 Å². The first-order chi connectivity index (χ1) is 5.07. The molecule has 1 unspecified atom stereocenters. The van der Waals surface area contributed by atoms with Crippen LogP contribution in [0.5, 0.6) is 0 Å². The molecule has 1 saturated carbocycles. The van der Waals surface area contributed by atoms with E-state index in [9.17, 15) is 9.59 Å². The first-order valence-electron chi connectivity index (χ1n) is 3.84. The summed E-state index contributed by atoms with van der Waals surface area (Å²) in [5.74, 6) is -1.08. The van der Waals surface area contributed by atoms with Gasteiger partial charge in [0.2, 0.25) is 0 Å². The molecule has 0 amide bonds. The molecule has 0 heterocycles. The highest BCUT2D eigenvalue weighted by molar-refractivity contribution is 6.03. The van der Waals surface area contributed by atoms with Gasteiger partial charge in [0.25, 0.3) is 0 Å². The summed E-state index contributed by atoms with van der Waals surface area (Å²) in [5, 5.41) is 8.75. The molecular weight excluding hydrogens is 144 g/mol. The summed E-state index contributed by atoms with van der Waals surface area (Å²) in [4.78, 5) is 21.8. The van der Waals surface area contributed by atoms with Crippen LogP contribution in [0.4, 0.5) is 0 Å². The third-order valence-electron chi connectivity index (χ3n) is 2.42. The predicted octanol–water partition coefficient (Wildman–Crippen LogP) is 1.22. The van der Waals surface area contributed by atoms with Gasteiger partial charge >= 0.3 is 5.97 Å². The number of carbonyl (C=O) groups is 2. The number of carboxylic acid groups (broad SMARTS) is 1. The van der Waals surface area contributed by atoms with Gasteiger partial charge in [-0.1, -0.05) is 6.42 Å². The summed E-state index contributed by atoms with van der Waals surface area (Å²) in [7, 11) is 0. The van der Waals surface area contributed by atoms with Gasteiger partial charge < -0.3 is 5.11 Å². The molecule has 11 heavy (non-hydrogen) atoms. The Morgan fingerprint density at radius 1 is 1.55 bits per heavy atom. The summed E-state index contributed by atoms with van der Waals surface area (Å²) in [6, 6.07) is 0. The first-order valence-corrected chi connectivity index (χ1v) is 3.84. The van der Waals surface area contributed by atoms with Crippen LogP contribution in [-0.4, -0.2) is 16.9 Å². The van der Waals surface area contributed by atoms with E-state index < -0.39 is 11.4 Å². The molecule has 0 aromatic heterocycles. The molecule has 62 valence electrons. The van der Waals surface area contributed by atoms with Crippen molar-refractivity contribution < 1.29 is 14.7 Å². The van der Waals surface area contributed by atoms with Crippen molar-refractivity contribution in [3.63, 3.8) is 0 Å². The Kier molecular flexibility index (Phi) is 1.98. The number of Topliss-reactive ketones (excluding diaryl/α,β-unsaturated/α-hetero) is 1.